The van der Waals surface area contributed by atoms with E-state index in [1.165, 1.54) is 16.4 Å². The first-order chi connectivity index (χ1) is 12.9. The highest BCUT2D eigenvalue weighted by atomic mass is 32.2. The van der Waals surface area contributed by atoms with Crippen LogP contribution in [0.4, 0.5) is 0 Å². The van der Waals surface area contributed by atoms with Gasteiger partial charge >= 0.3 is 0 Å². The van der Waals surface area contributed by atoms with Crippen LogP contribution in [0.3, 0.4) is 0 Å². The average Bonchev–Trinajstić information content (AvgIpc) is 3.13. The highest BCUT2D eigenvalue weighted by Crippen LogP contribution is 2.35. The lowest BCUT2D eigenvalue weighted by Gasteiger charge is -2.30. The Morgan fingerprint density at radius 1 is 1.22 bits per heavy atom. The van der Waals surface area contributed by atoms with E-state index in [0.29, 0.717) is 44.0 Å². The molecule has 2 aliphatic heterocycles. The Balaban J connectivity index is 1.53. The summed E-state index contributed by atoms with van der Waals surface area (Å²) in [6.45, 7) is 2.35. The molecule has 1 aromatic rings. The van der Waals surface area contributed by atoms with Crippen molar-refractivity contribution in [1.29, 1.82) is 0 Å². The quantitative estimate of drug-likeness (QED) is 0.688. The van der Waals surface area contributed by atoms with E-state index >= 15 is 0 Å². The summed E-state index contributed by atoms with van der Waals surface area (Å²) in [5.41, 5.74) is 0. The molecule has 0 radical (unpaired) electrons. The molecule has 1 fully saturated rings. The first-order valence-corrected chi connectivity index (χ1v) is 10.6. The number of benzene rings is 1. The van der Waals surface area contributed by atoms with E-state index in [1.54, 1.807) is 6.07 Å². The van der Waals surface area contributed by atoms with Gasteiger partial charge in [0.25, 0.3) is 0 Å². The van der Waals surface area contributed by atoms with Crippen LogP contribution < -0.4 is 14.8 Å². The third kappa shape index (κ3) is 4.72. The maximum Gasteiger partial charge on any atom is 0.243 e. The summed E-state index contributed by atoms with van der Waals surface area (Å²) in [5.74, 6) is 0.892. The Morgan fingerprint density at radius 2 is 1.93 bits per heavy atom. The molecule has 1 saturated heterocycles. The fourth-order valence-corrected chi connectivity index (χ4v) is 4.78. The van der Waals surface area contributed by atoms with Gasteiger partial charge in [0.15, 0.2) is 11.5 Å². The molecule has 0 saturated carbocycles. The van der Waals surface area contributed by atoms with Crippen molar-refractivity contribution in [2.45, 2.75) is 24.2 Å². The number of hydrogen-bond donors (Lipinski definition) is 1. The van der Waals surface area contributed by atoms with Gasteiger partial charge in [-0.25, -0.2) is 8.42 Å². The zero-order valence-electron chi connectivity index (χ0n) is 15.8. The normalized spacial score (nSPS) is 18.0. The number of hydrogen-bond acceptors (Lipinski definition) is 6. The second-order valence-electron chi connectivity index (χ2n) is 7.14. The summed E-state index contributed by atoms with van der Waals surface area (Å²) in [6.07, 6.45) is 1.96. The summed E-state index contributed by atoms with van der Waals surface area (Å²) in [6, 6.07) is 4.65. The first kappa shape index (κ1) is 19.9. The highest BCUT2D eigenvalue weighted by Gasteiger charge is 2.32. The van der Waals surface area contributed by atoms with Crippen molar-refractivity contribution < 1.29 is 22.7 Å². The van der Waals surface area contributed by atoms with Crippen LogP contribution in [0.2, 0.25) is 0 Å². The summed E-state index contributed by atoms with van der Waals surface area (Å²) in [4.78, 5) is 14.5. The van der Waals surface area contributed by atoms with Crippen LogP contribution in [0, 0.1) is 5.92 Å². The molecule has 9 heteroatoms. The van der Waals surface area contributed by atoms with Crippen LogP contribution in [-0.2, 0) is 14.8 Å². The molecular weight excluding hydrogens is 370 g/mol. The summed E-state index contributed by atoms with van der Waals surface area (Å²) in [7, 11) is 0.394. The number of sulfonamides is 1. The van der Waals surface area contributed by atoms with Crippen LogP contribution in [-0.4, -0.2) is 70.6 Å². The minimum atomic E-state index is -3.60. The lowest BCUT2D eigenvalue weighted by Crippen LogP contribution is -2.43. The molecule has 0 aromatic heterocycles. The van der Waals surface area contributed by atoms with Crippen LogP contribution in [0.5, 0.6) is 11.5 Å². The molecule has 1 aromatic carbocycles. The summed E-state index contributed by atoms with van der Waals surface area (Å²) < 4.78 is 37.7. The Labute approximate surface area is 160 Å². The number of carbonyl (C=O) groups excluding carboxylic acids is 1. The van der Waals surface area contributed by atoms with Gasteiger partial charge in [0.2, 0.25) is 22.7 Å². The van der Waals surface area contributed by atoms with Crippen molar-refractivity contribution in [2.75, 3.05) is 47.1 Å². The lowest BCUT2D eigenvalue weighted by atomic mass is 9.97. The van der Waals surface area contributed by atoms with Crippen LogP contribution in [0.25, 0.3) is 0 Å². The van der Waals surface area contributed by atoms with Gasteiger partial charge in [-0.15, -0.1) is 0 Å². The van der Waals surface area contributed by atoms with Gasteiger partial charge in [0, 0.05) is 31.6 Å². The molecule has 8 nitrogen and oxygen atoms in total. The molecule has 27 heavy (non-hydrogen) atoms. The van der Waals surface area contributed by atoms with E-state index in [9.17, 15) is 13.2 Å². The number of piperidine rings is 1. The van der Waals surface area contributed by atoms with E-state index in [4.69, 9.17) is 9.47 Å². The molecule has 1 N–H and O–H groups in total. The van der Waals surface area contributed by atoms with Gasteiger partial charge < -0.3 is 19.7 Å². The number of ether oxygens (including phenoxy) is 2. The maximum atomic E-state index is 12.9. The number of amides is 1. The average molecular weight is 397 g/mol. The van der Waals surface area contributed by atoms with Crippen LogP contribution in [0.1, 0.15) is 19.3 Å². The monoisotopic (exact) mass is 397 g/mol. The molecule has 1 amide bonds. The van der Waals surface area contributed by atoms with Gasteiger partial charge in [-0.1, -0.05) is 0 Å². The van der Waals surface area contributed by atoms with Gasteiger partial charge in [0.05, 0.1) is 4.90 Å². The van der Waals surface area contributed by atoms with Crippen LogP contribution in [0.15, 0.2) is 23.1 Å². The molecule has 0 aliphatic carbocycles. The lowest BCUT2D eigenvalue weighted by molar-refractivity contribution is -0.126. The Morgan fingerprint density at radius 3 is 2.63 bits per heavy atom. The SMILES string of the molecule is CN(C)CCCNC(=O)C1CCN(S(=O)(=O)c2ccc3c(c2)OCO3)CC1. The fraction of sp³-hybridized carbons (Fsp3) is 0.611. The van der Waals surface area contributed by atoms with Crippen molar-refractivity contribution in [3.8, 4) is 11.5 Å². The van der Waals surface area contributed by atoms with Gasteiger partial charge in [-0.05, 0) is 52.0 Å². The predicted octanol–water partition coefficient (Wildman–Crippen LogP) is 0.884. The highest BCUT2D eigenvalue weighted by molar-refractivity contribution is 7.89. The molecule has 0 bridgehead atoms. The number of carbonyl (C=O) groups is 1. The van der Waals surface area contributed by atoms with E-state index < -0.39 is 10.0 Å². The molecule has 2 heterocycles. The van der Waals surface area contributed by atoms with Gasteiger partial charge in [-0.2, -0.15) is 4.31 Å². The molecule has 0 unspecified atom stereocenters. The molecule has 0 spiro atoms. The van der Waals surface area contributed by atoms with Crippen LogP contribution >= 0.6 is 0 Å². The molecular formula is C18H27N3O5S. The Kier molecular flexibility index (Phi) is 6.23. The van der Waals surface area contributed by atoms with Crippen molar-refractivity contribution in [2.24, 2.45) is 5.92 Å². The third-order valence-corrected chi connectivity index (χ3v) is 6.78. The van der Waals surface area contributed by atoms with Crippen molar-refractivity contribution in [3.05, 3.63) is 18.2 Å². The smallest absolute Gasteiger partial charge is 0.243 e. The third-order valence-electron chi connectivity index (χ3n) is 4.89. The summed E-state index contributed by atoms with van der Waals surface area (Å²) >= 11 is 0. The topological polar surface area (TPSA) is 88.2 Å². The Bertz CT molecular complexity index is 773. The van der Waals surface area contributed by atoms with E-state index in [-0.39, 0.29) is 23.5 Å². The first-order valence-electron chi connectivity index (χ1n) is 9.20. The zero-order valence-corrected chi connectivity index (χ0v) is 16.6. The van der Waals surface area contributed by atoms with Gasteiger partial charge in [-0.3, -0.25) is 4.79 Å². The second-order valence-corrected chi connectivity index (χ2v) is 9.08. The van der Waals surface area contributed by atoms with E-state index in [1.807, 2.05) is 14.1 Å². The predicted molar refractivity (Wildman–Crippen MR) is 100 cm³/mol. The molecule has 0 atom stereocenters. The van der Waals surface area contributed by atoms with Gasteiger partial charge in [0.1, 0.15) is 0 Å². The minimum absolute atomic E-state index is 0.0221. The largest absolute Gasteiger partial charge is 0.454 e. The summed E-state index contributed by atoms with van der Waals surface area (Å²) in [5, 5.41) is 2.96. The minimum Gasteiger partial charge on any atom is -0.454 e. The van der Waals surface area contributed by atoms with Crippen molar-refractivity contribution in [1.82, 2.24) is 14.5 Å². The number of rotatable bonds is 7. The number of nitrogens with zero attached hydrogens (tertiary/aromatic N) is 2. The molecule has 3 rings (SSSR count). The molecule has 150 valence electrons. The fourth-order valence-electron chi connectivity index (χ4n) is 3.30. The second kappa shape index (κ2) is 8.45. The number of nitrogens with one attached hydrogen (secondary N) is 1. The number of fused-ring (bicyclic) bond motifs is 1. The van der Waals surface area contributed by atoms with E-state index in [2.05, 4.69) is 10.2 Å². The van der Waals surface area contributed by atoms with Crippen molar-refractivity contribution >= 4 is 15.9 Å². The molecule has 2 aliphatic rings. The zero-order chi connectivity index (χ0) is 19.4. The Hall–Kier alpha value is -1.84. The maximum absolute atomic E-state index is 12.9. The van der Waals surface area contributed by atoms with E-state index in [0.717, 1.165) is 13.0 Å². The standard InChI is InChI=1S/C18H27N3O5S/c1-20(2)9-3-8-19-18(22)14-6-10-21(11-7-14)27(23,24)15-4-5-16-17(12-15)26-13-25-16/h4-5,12,14H,3,6-11,13H2,1-2H3,(H,19,22). The van der Waals surface area contributed by atoms with Crippen molar-refractivity contribution in [3.63, 3.8) is 0 Å².